The largest absolute Gasteiger partial charge is 0.487 e. The number of ether oxygens (including phenoxy) is 1. The lowest BCUT2D eigenvalue weighted by Gasteiger charge is -2.37. The van der Waals surface area contributed by atoms with Crippen molar-refractivity contribution < 1.29 is 23.8 Å². The van der Waals surface area contributed by atoms with Gasteiger partial charge in [0, 0.05) is 24.5 Å². The Hall–Kier alpha value is -2.11. The van der Waals surface area contributed by atoms with Crippen molar-refractivity contribution >= 4 is 11.9 Å². The van der Waals surface area contributed by atoms with Gasteiger partial charge in [-0.25, -0.2) is 4.39 Å². The minimum absolute atomic E-state index is 0.0797. The molecular formula is C15H18FNO4. The molecule has 1 atom stereocenters. The van der Waals surface area contributed by atoms with E-state index in [1.165, 1.54) is 12.1 Å². The third-order valence-electron chi connectivity index (χ3n) is 3.33. The molecule has 1 aromatic rings. The Morgan fingerprint density at radius 3 is 2.81 bits per heavy atom. The van der Waals surface area contributed by atoms with Crippen LogP contribution in [0.3, 0.4) is 0 Å². The highest BCUT2D eigenvalue weighted by Crippen LogP contribution is 2.39. The van der Waals surface area contributed by atoms with Gasteiger partial charge in [-0.2, -0.15) is 0 Å². The van der Waals surface area contributed by atoms with Gasteiger partial charge in [-0.1, -0.05) is 6.07 Å². The Morgan fingerprint density at radius 1 is 1.43 bits per heavy atom. The first-order valence-corrected chi connectivity index (χ1v) is 6.76. The van der Waals surface area contributed by atoms with Crippen LogP contribution in [0.4, 0.5) is 4.39 Å². The monoisotopic (exact) mass is 295 g/mol. The first-order chi connectivity index (χ1) is 9.77. The molecule has 0 spiro atoms. The molecule has 1 heterocycles. The molecule has 0 aliphatic carbocycles. The number of benzene rings is 1. The number of amides is 1. The molecule has 6 heteroatoms. The van der Waals surface area contributed by atoms with Crippen LogP contribution in [-0.4, -0.2) is 22.6 Å². The van der Waals surface area contributed by atoms with E-state index in [-0.39, 0.29) is 24.8 Å². The van der Waals surface area contributed by atoms with Gasteiger partial charge in [0.1, 0.15) is 17.2 Å². The summed E-state index contributed by atoms with van der Waals surface area (Å²) in [5.41, 5.74) is 0.172. The van der Waals surface area contributed by atoms with E-state index in [1.54, 1.807) is 6.07 Å². The Morgan fingerprint density at radius 2 is 2.14 bits per heavy atom. The van der Waals surface area contributed by atoms with Crippen LogP contribution in [0.2, 0.25) is 0 Å². The van der Waals surface area contributed by atoms with Crippen molar-refractivity contribution in [2.45, 2.75) is 44.8 Å². The third-order valence-corrected chi connectivity index (χ3v) is 3.33. The van der Waals surface area contributed by atoms with Gasteiger partial charge in [-0.3, -0.25) is 9.59 Å². The first kappa shape index (κ1) is 15.3. The second-order valence-corrected chi connectivity index (χ2v) is 5.76. The maximum absolute atomic E-state index is 13.3. The number of hydrogen-bond donors (Lipinski definition) is 2. The van der Waals surface area contributed by atoms with Crippen LogP contribution in [0, 0.1) is 5.82 Å². The molecule has 0 saturated carbocycles. The minimum Gasteiger partial charge on any atom is -0.487 e. The standard InChI is InChI=1S/C15H18FNO4/c1-15(2)8-11(17-13(18)5-6-14(19)20)10-4-3-9(16)7-12(10)21-15/h3-4,7,11H,5-6,8H2,1-2H3,(H,17,18)(H,19,20). The van der Waals surface area contributed by atoms with Crippen LogP contribution < -0.4 is 10.1 Å². The Kier molecular flexibility index (Phi) is 4.16. The smallest absolute Gasteiger partial charge is 0.303 e. The number of fused-ring (bicyclic) bond motifs is 1. The van der Waals surface area contributed by atoms with E-state index in [1.807, 2.05) is 13.8 Å². The van der Waals surface area contributed by atoms with Crippen molar-refractivity contribution in [2.75, 3.05) is 0 Å². The lowest BCUT2D eigenvalue weighted by molar-refractivity contribution is -0.139. The molecule has 114 valence electrons. The molecule has 5 nitrogen and oxygen atoms in total. The fourth-order valence-electron chi connectivity index (χ4n) is 2.44. The Labute approximate surface area is 122 Å². The van der Waals surface area contributed by atoms with E-state index in [0.717, 1.165) is 0 Å². The fourth-order valence-corrected chi connectivity index (χ4v) is 2.44. The van der Waals surface area contributed by atoms with Crippen molar-refractivity contribution in [2.24, 2.45) is 0 Å². The second-order valence-electron chi connectivity index (χ2n) is 5.76. The van der Waals surface area contributed by atoms with Crippen molar-refractivity contribution in [1.29, 1.82) is 0 Å². The van der Waals surface area contributed by atoms with Crippen LogP contribution in [0.5, 0.6) is 5.75 Å². The van der Waals surface area contributed by atoms with Crippen molar-refractivity contribution in [3.05, 3.63) is 29.6 Å². The highest BCUT2D eigenvalue weighted by Gasteiger charge is 2.34. The van der Waals surface area contributed by atoms with Gasteiger partial charge in [-0.15, -0.1) is 0 Å². The second kappa shape index (κ2) is 5.71. The van der Waals surface area contributed by atoms with Crippen LogP contribution in [-0.2, 0) is 9.59 Å². The van der Waals surface area contributed by atoms with E-state index >= 15 is 0 Å². The fraction of sp³-hybridized carbons (Fsp3) is 0.467. The molecule has 0 bridgehead atoms. The molecule has 1 aliphatic heterocycles. The number of hydrogen-bond acceptors (Lipinski definition) is 3. The normalized spacial score (nSPS) is 19.3. The average Bonchev–Trinajstić information content (AvgIpc) is 2.34. The number of halogens is 1. The number of carbonyl (C=O) groups excluding carboxylic acids is 1. The molecule has 0 fully saturated rings. The van der Waals surface area contributed by atoms with Gasteiger partial charge in [-0.05, 0) is 19.9 Å². The van der Waals surface area contributed by atoms with Gasteiger partial charge < -0.3 is 15.2 Å². The topological polar surface area (TPSA) is 75.6 Å². The molecule has 0 aromatic heterocycles. The Balaban J connectivity index is 2.16. The quantitative estimate of drug-likeness (QED) is 0.894. The molecule has 2 N–H and O–H groups in total. The molecule has 1 aromatic carbocycles. The summed E-state index contributed by atoms with van der Waals surface area (Å²) in [6.45, 7) is 3.72. The first-order valence-electron chi connectivity index (χ1n) is 6.76. The summed E-state index contributed by atoms with van der Waals surface area (Å²) < 4.78 is 19.0. The zero-order chi connectivity index (χ0) is 15.6. The van der Waals surface area contributed by atoms with E-state index in [2.05, 4.69) is 5.32 Å². The summed E-state index contributed by atoms with van der Waals surface area (Å²) in [6, 6.07) is 3.89. The molecule has 0 radical (unpaired) electrons. The van der Waals surface area contributed by atoms with Crippen LogP contribution in [0.1, 0.15) is 44.7 Å². The Bertz CT molecular complexity index is 571. The molecule has 1 unspecified atom stereocenters. The summed E-state index contributed by atoms with van der Waals surface area (Å²) in [4.78, 5) is 22.3. The summed E-state index contributed by atoms with van der Waals surface area (Å²) in [7, 11) is 0. The van der Waals surface area contributed by atoms with Gasteiger partial charge >= 0.3 is 5.97 Å². The highest BCUT2D eigenvalue weighted by molar-refractivity contribution is 5.81. The highest BCUT2D eigenvalue weighted by atomic mass is 19.1. The number of carbonyl (C=O) groups is 2. The average molecular weight is 295 g/mol. The van der Waals surface area contributed by atoms with Gasteiger partial charge in [0.2, 0.25) is 5.91 Å². The van der Waals surface area contributed by atoms with Crippen LogP contribution >= 0.6 is 0 Å². The summed E-state index contributed by atoms with van der Waals surface area (Å²) in [5, 5.41) is 11.4. The molecule has 21 heavy (non-hydrogen) atoms. The molecule has 1 amide bonds. The van der Waals surface area contributed by atoms with E-state index in [4.69, 9.17) is 9.84 Å². The number of nitrogens with one attached hydrogen (secondary N) is 1. The van der Waals surface area contributed by atoms with E-state index in [9.17, 15) is 14.0 Å². The molecular weight excluding hydrogens is 277 g/mol. The maximum atomic E-state index is 13.3. The number of carboxylic acids is 1. The lowest BCUT2D eigenvalue weighted by Crippen LogP contribution is -2.41. The zero-order valence-corrected chi connectivity index (χ0v) is 12.0. The number of carboxylic acid groups (broad SMARTS) is 1. The minimum atomic E-state index is -1.01. The number of rotatable bonds is 4. The lowest BCUT2D eigenvalue weighted by atomic mass is 9.89. The maximum Gasteiger partial charge on any atom is 0.303 e. The summed E-state index contributed by atoms with van der Waals surface area (Å²) in [6.07, 6.45) is 0.239. The van der Waals surface area contributed by atoms with Gasteiger partial charge in [0.25, 0.3) is 0 Å². The number of aliphatic carboxylic acids is 1. The van der Waals surface area contributed by atoms with Crippen molar-refractivity contribution in [1.82, 2.24) is 5.32 Å². The summed E-state index contributed by atoms with van der Waals surface area (Å²) in [5.74, 6) is -1.34. The van der Waals surface area contributed by atoms with Crippen LogP contribution in [0.15, 0.2) is 18.2 Å². The van der Waals surface area contributed by atoms with Crippen molar-refractivity contribution in [3.8, 4) is 5.75 Å². The third kappa shape index (κ3) is 3.93. The summed E-state index contributed by atoms with van der Waals surface area (Å²) >= 11 is 0. The molecule has 1 aliphatic rings. The van der Waals surface area contributed by atoms with Crippen LogP contribution in [0.25, 0.3) is 0 Å². The molecule has 2 rings (SSSR count). The molecule has 0 saturated heterocycles. The predicted octanol–water partition coefficient (Wildman–Crippen LogP) is 2.41. The van der Waals surface area contributed by atoms with Gasteiger partial charge in [0.05, 0.1) is 12.5 Å². The van der Waals surface area contributed by atoms with E-state index < -0.39 is 17.4 Å². The van der Waals surface area contributed by atoms with Crippen molar-refractivity contribution in [3.63, 3.8) is 0 Å². The zero-order valence-electron chi connectivity index (χ0n) is 12.0. The predicted molar refractivity (Wildman–Crippen MR) is 73.5 cm³/mol. The van der Waals surface area contributed by atoms with E-state index in [0.29, 0.717) is 17.7 Å². The SMILES string of the molecule is CC1(C)CC(NC(=O)CCC(=O)O)c2ccc(F)cc2O1. The van der Waals surface area contributed by atoms with Gasteiger partial charge in [0.15, 0.2) is 0 Å².